The first-order valence-corrected chi connectivity index (χ1v) is 11.6. The summed E-state index contributed by atoms with van der Waals surface area (Å²) in [5, 5.41) is 5.22. The van der Waals surface area contributed by atoms with Gasteiger partial charge in [-0.2, -0.15) is 0 Å². The molecule has 5 heterocycles. The van der Waals surface area contributed by atoms with E-state index in [0.29, 0.717) is 18.2 Å². The van der Waals surface area contributed by atoms with E-state index in [1.54, 1.807) is 4.52 Å². The van der Waals surface area contributed by atoms with Crippen molar-refractivity contribution in [3.63, 3.8) is 0 Å². The van der Waals surface area contributed by atoms with Gasteiger partial charge in [0.1, 0.15) is 0 Å². The van der Waals surface area contributed by atoms with Gasteiger partial charge < -0.3 is 4.90 Å². The minimum atomic E-state index is -0.0568. The lowest BCUT2D eigenvalue weighted by molar-refractivity contribution is 0.0611. The van der Waals surface area contributed by atoms with Crippen LogP contribution in [-0.4, -0.2) is 49.4 Å². The van der Waals surface area contributed by atoms with Crippen molar-refractivity contribution < 1.29 is 4.79 Å². The van der Waals surface area contributed by atoms with E-state index in [0.717, 1.165) is 60.6 Å². The Morgan fingerprint density at radius 1 is 1.30 bits per heavy atom. The van der Waals surface area contributed by atoms with Gasteiger partial charge in [-0.3, -0.25) is 19.6 Å². The van der Waals surface area contributed by atoms with E-state index < -0.39 is 0 Å². The predicted octanol–water partition coefficient (Wildman–Crippen LogP) is 3.22. The molecule has 1 N–H and O–H groups in total. The number of carbonyl (C=O) groups excluding carboxylic acids is 1. The second kappa shape index (κ2) is 7.67. The number of aromatic nitrogens is 3. The van der Waals surface area contributed by atoms with Gasteiger partial charge >= 0.3 is 0 Å². The lowest BCUT2D eigenvalue weighted by Gasteiger charge is -2.34. The Kier molecular flexibility index (Phi) is 4.99. The van der Waals surface area contributed by atoms with Crippen LogP contribution < -0.4 is 5.56 Å². The summed E-state index contributed by atoms with van der Waals surface area (Å²) in [6.07, 6.45) is 3.68. The van der Waals surface area contributed by atoms with Crippen molar-refractivity contribution in [3.8, 4) is 0 Å². The summed E-state index contributed by atoms with van der Waals surface area (Å²) in [5.41, 5.74) is 3.24. The minimum Gasteiger partial charge on any atom is -0.329 e. The highest BCUT2D eigenvalue weighted by atomic mass is 32.1. The Morgan fingerprint density at radius 2 is 2.17 bits per heavy atom. The Labute approximate surface area is 179 Å². The molecule has 7 nitrogen and oxygen atoms in total. The number of aromatic amines is 1. The maximum atomic E-state index is 13.1. The summed E-state index contributed by atoms with van der Waals surface area (Å²) in [6.45, 7) is 6.68. The summed E-state index contributed by atoms with van der Waals surface area (Å²) in [5.74, 6) is 0.0699. The Hall–Kier alpha value is -2.45. The van der Waals surface area contributed by atoms with Crippen LogP contribution in [0.3, 0.4) is 0 Å². The lowest BCUT2D eigenvalue weighted by Crippen LogP contribution is -2.40. The Bertz CT molecular complexity index is 1130. The number of hydrogen-bond acceptors (Lipinski definition) is 5. The fraction of sp³-hybridized carbons (Fsp3) is 0.500. The van der Waals surface area contributed by atoms with Crippen molar-refractivity contribution in [1.29, 1.82) is 0 Å². The number of thiophene rings is 1. The standard InChI is InChI=1S/C22H27N5O2S/c1-14(2)25-10-8-15-17(13-25)23-20-12-16(24-27(20)21(15)28)18-6-3-4-9-26(18)22(29)19-7-5-11-30-19/h5,7,11-12,14,18,24H,3-4,6,8-10,13H2,1-2H3/t18-/m0/s1. The number of piperidine rings is 1. The number of likely N-dealkylation sites (tertiary alicyclic amines) is 1. The summed E-state index contributed by atoms with van der Waals surface area (Å²) < 4.78 is 1.57. The summed E-state index contributed by atoms with van der Waals surface area (Å²) in [6, 6.07) is 6.12. The van der Waals surface area contributed by atoms with Crippen LogP contribution in [-0.2, 0) is 13.0 Å². The Morgan fingerprint density at radius 3 is 2.93 bits per heavy atom. The molecular formula is C22H27N5O2S. The highest BCUT2D eigenvalue weighted by Gasteiger charge is 2.31. The Balaban J connectivity index is 1.52. The van der Waals surface area contributed by atoms with Crippen LogP contribution in [0.25, 0.3) is 5.65 Å². The molecule has 2 aliphatic rings. The topological polar surface area (TPSA) is 73.7 Å². The quantitative estimate of drug-likeness (QED) is 0.699. The molecule has 3 aromatic rings. The maximum Gasteiger partial charge on any atom is 0.276 e. The highest BCUT2D eigenvalue weighted by Crippen LogP contribution is 2.32. The number of fused-ring (bicyclic) bond motifs is 2. The van der Waals surface area contributed by atoms with Gasteiger partial charge in [0.25, 0.3) is 11.5 Å². The molecule has 1 fully saturated rings. The average Bonchev–Trinajstić information content (AvgIpc) is 3.43. The van der Waals surface area contributed by atoms with Gasteiger partial charge in [0.2, 0.25) is 0 Å². The molecule has 1 amide bonds. The first kappa shape index (κ1) is 19.5. The van der Waals surface area contributed by atoms with Crippen molar-refractivity contribution in [2.75, 3.05) is 13.1 Å². The maximum absolute atomic E-state index is 13.1. The molecule has 30 heavy (non-hydrogen) atoms. The fourth-order valence-electron chi connectivity index (χ4n) is 4.68. The molecule has 0 aromatic carbocycles. The number of rotatable bonds is 3. The van der Waals surface area contributed by atoms with Gasteiger partial charge in [0.05, 0.1) is 22.3 Å². The van der Waals surface area contributed by atoms with Gasteiger partial charge in [-0.1, -0.05) is 6.07 Å². The SMILES string of the molecule is CC(C)N1CCc2c(nc3cc([C@@H]4CCCCN4C(=O)c4cccs4)[nH]n3c2=O)C1. The van der Waals surface area contributed by atoms with E-state index in [-0.39, 0.29) is 17.5 Å². The van der Waals surface area contributed by atoms with Crippen molar-refractivity contribution in [3.05, 3.63) is 55.8 Å². The van der Waals surface area contributed by atoms with E-state index in [1.165, 1.54) is 11.3 Å². The second-order valence-corrected chi connectivity index (χ2v) is 9.50. The number of amides is 1. The van der Waals surface area contributed by atoms with Crippen molar-refractivity contribution in [2.24, 2.45) is 0 Å². The predicted molar refractivity (Wildman–Crippen MR) is 117 cm³/mol. The van der Waals surface area contributed by atoms with Crippen LogP contribution in [0.5, 0.6) is 0 Å². The molecule has 0 spiro atoms. The van der Waals surface area contributed by atoms with E-state index in [9.17, 15) is 9.59 Å². The van der Waals surface area contributed by atoms with E-state index in [2.05, 4.69) is 23.8 Å². The zero-order chi connectivity index (χ0) is 20.8. The molecule has 0 unspecified atom stereocenters. The van der Waals surface area contributed by atoms with Crippen LogP contribution in [0.15, 0.2) is 28.4 Å². The second-order valence-electron chi connectivity index (χ2n) is 8.55. The summed E-state index contributed by atoms with van der Waals surface area (Å²) in [4.78, 5) is 36.1. The molecule has 1 atom stereocenters. The first-order chi connectivity index (χ1) is 14.5. The molecular weight excluding hydrogens is 398 g/mol. The minimum absolute atomic E-state index is 0.00315. The van der Waals surface area contributed by atoms with Crippen molar-refractivity contribution >= 4 is 22.9 Å². The zero-order valence-corrected chi connectivity index (χ0v) is 18.2. The molecule has 158 valence electrons. The molecule has 8 heteroatoms. The zero-order valence-electron chi connectivity index (χ0n) is 17.4. The normalized spacial score (nSPS) is 20.1. The van der Waals surface area contributed by atoms with Crippen LogP contribution in [0, 0.1) is 0 Å². The monoisotopic (exact) mass is 425 g/mol. The smallest absolute Gasteiger partial charge is 0.276 e. The van der Waals surface area contributed by atoms with Crippen LogP contribution in [0.2, 0.25) is 0 Å². The molecule has 2 aliphatic heterocycles. The van der Waals surface area contributed by atoms with Gasteiger partial charge in [-0.15, -0.1) is 11.3 Å². The van der Waals surface area contributed by atoms with E-state index in [1.807, 2.05) is 28.5 Å². The largest absolute Gasteiger partial charge is 0.329 e. The molecule has 0 saturated carbocycles. The molecule has 0 radical (unpaired) electrons. The number of carbonyl (C=O) groups is 1. The van der Waals surface area contributed by atoms with Crippen molar-refractivity contribution in [2.45, 2.75) is 58.2 Å². The fourth-order valence-corrected chi connectivity index (χ4v) is 5.36. The molecule has 0 bridgehead atoms. The van der Waals surface area contributed by atoms with Gasteiger partial charge in [0, 0.05) is 37.3 Å². The molecule has 1 saturated heterocycles. The average molecular weight is 426 g/mol. The lowest BCUT2D eigenvalue weighted by atomic mass is 9.99. The van der Waals surface area contributed by atoms with Crippen LogP contribution in [0.4, 0.5) is 0 Å². The van der Waals surface area contributed by atoms with Gasteiger partial charge in [-0.05, 0) is 51.0 Å². The van der Waals surface area contributed by atoms with Gasteiger partial charge in [0.15, 0.2) is 5.65 Å². The number of nitrogens with zero attached hydrogens (tertiary/aromatic N) is 4. The van der Waals surface area contributed by atoms with E-state index >= 15 is 0 Å². The summed E-state index contributed by atoms with van der Waals surface area (Å²) >= 11 is 1.48. The third kappa shape index (κ3) is 3.28. The third-order valence-corrected chi connectivity index (χ3v) is 7.26. The van der Waals surface area contributed by atoms with Crippen LogP contribution in [0.1, 0.15) is 65.8 Å². The number of nitrogens with one attached hydrogen (secondary N) is 1. The molecule has 5 rings (SSSR count). The first-order valence-electron chi connectivity index (χ1n) is 10.7. The molecule has 0 aliphatic carbocycles. The highest BCUT2D eigenvalue weighted by molar-refractivity contribution is 7.12. The van der Waals surface area contributed by atoms with E-state index in [4.69, 9.17) is 4.98 Å². The summed E-state index contributed by atoms with van der Waals surface area (Å²) in [7, 11) is 0. The third-order valence-electron chi connectivity index (χ3n) is 6.40. The number of hydrogen-bond donors (Lipinski definition) is 1. The molecule has 3 aromatic heterocycles. The van der Waals surface area contributed by atoms with Crippen LogP contribution >= 0.6 is 11.3 Å². The van der Waals surface area contributed by atoms with Crippen molar-refractivity contribution in [1.82, 2.24) is 24.4 Å². The number of H-pyrrole nitrogens is 1. The van der Waals surface area contributed by atoms with Gasteiger partial charge in [-0.25, -0.2) is 9.50 Å².